The molecule has 1 aromatic heterocycles. The monoisotopic (exact) mass is 501 g/mol. The summed E-state index contributed by atoms with van der Waals surface area (Å²) in [4.78, 5) is 5.62. The minimum atomic E-state index is 0.564. The van der Waals surface area contributed by atoms with Gasteiger partial charge in [0.05, 0.1) is 35.0 Å². The maximum Gasteiger partial charge on any atom is 0.203 e. The summed E-state index contributed by atoms with van der Waals surface area (Å²) in [5, 5.41) is 5.12. The van der Waals surface area contributed by atoms with Crippen LogP contribution >= 0.6 is 12.2 Å². The van der Waals surface area contributed by atoms with Crippen molar-refractivity contribution < 1.29 is 23.7 Å². The zero-order chi connectivity index (χ0) is 25.4. The predicted octanol–water partition coefficient (Wildman–Crippen LogP) is 4.08. The average molecular weight is 502 g/mol. The highest BCUT2D eigenvalue weighted by atomic mass is 32.1. The van der Waals surface area contributed by atoms with E-state index in [9.17, 15) is 0 Å². The van der Waals surface area contributed by atoms with E-state index in [1.807, 2.05) is 18.2 Å². The van der Waals surface area contributed by atoms with E-state index in [1.165, 1.54) is 5.56 Å². The molecule has 190 valence electrons. The second kappa shape index (κ2) is 12.5. The molecule has 0 spiro atoms. The average Bonchev–Trinajstić information content (AvgIpc) is 3.19. The maximum atomic E-state index is 5.77. The van der Waals surface area contributed by atoms with Crippen molar-refractivity contribution in [2.24, 2.45) is 0 Å². The number of H-pyrrole nitrogens is 1. The quantitative estimate of drug-likeness (QED) is 0.284. The summed E-state index contributed by atoms with van der Waals surface area (Å²) >= 11 is 5.77. The van der Waals surface area contributed by atoms with Gasteiger partial charge < -0.3 is 38.9 Å². The lowest BCUT2D eigenvalue weighted by atomic mass is 10.1. The first kappa shape index (κ1) is 26.4. The van der Waals surface area contributed by atoms with Crippen molar-refractivity contribution in [2.45, 2.75) is 19.9 Å². The Morgan fingerprint density at radius 3 is 2.29 bits per heavy atom. The van der Waals surface area contributed by atoms with E-state index < -0.39 is 0 Å². The highest BCUT2D eigenvalue weighted by Gasteiger charge is 2.18. The summed E-state index contributed by atoms with van der Waals surface area (Å²) in [6, 6.07) is 10.00. The van der Waals surface area contributed by atoms with Gasteiger partial charge in [-0.15, -0.1) is 0 Å². The molecule has 0 saturated heterocycles. The van der Waals surface area contributed by atoms with E-state index >= 15 is 0 Å². The van der Waals surface area contributed by atoms with Gasteiger partial charge in [-0.25, -0.2) is 0 Å². The number of hydrogen-bond donors (Lipinski definition) is 2. The predicted molar refractivity (Wildman–Crippen MR) is 142 cm³/mol. The molecule has 0 aliphatic rings. The number of aromatic amines is 1. The number of aromatic nitrogens is 1. The third-order valence-corrected chi connectivity index (χ3v) is 6.33. The Balaban J connectivity index is 1.88. The van der Waals surface area contributed by atoms with Crippen LogP contribution in [0.25, 0.3) is 10.9 Å². The number of rotatable bonds is 12. The largest absolute Gasteiger partial charge is 0.497 e. The zero-order valence-corrected chi connectivity index (χ0v) is 22.1. The van der Waals surface area contributed by atoms with Crippen molar-refractivity contribution in [1.82, 2.24) is 15.2 Å². The maximum absolute atomic E-state index is 5.77. The first-order chi connectivity index (χ1) is 16.9. The molecule has 8 nitrogen and oxygen atoms in total. The fourth-order valence-corrected chi connectivity index (χ4v) is 4.39. The molecule has 3 aromatic rings. The molecule has 0 amide bonds. The molecular weight excluding hydrogens is 466 g/mol. The molecule has 0 atom stereocenters. The van der Waals surface area contributed by atoms with Gasteiger partial charge >= 0.3 is 0 Å². The fourth-order valence-electron chi connectivity index (χ4n) is 4.13. The van der Waals surface area contributed by atoms with E-state index in [0.29, 0.717) is 48.6 Å². The Morgan fingerprint density at radius 1 is 0.971 bits per heavy atom. The van der Waals surface area contributed by atoms with Gasteiger partial charge in [0.2, 0.25) is 5.75 Å². The van der Waals surface area contributed by atoms with Crippen LogP contribution < -0.4 is 24.3 Å². The number of nitrogens with one attached hydrogen (secondary N) is 2. The van der Waals surface area contributed by atoms with Gasteiger partial charge in [0.15, 0.2) is 16.6 Å². The van der Waals surface area contributed by atoms with Crippen molar-refractivity contribution in [2.75, 3.05) is 55.2 Å². The van der Waals surface area contributed by atoms with E-state index in [1.54, 1.807) is 35.5 Å². The summed E-state index contributed by atoms with van der Waals surface area (Å²) in [6.07, 6.45) is 0.801. The highest BCUT2D eigenvalue weighted by molar-refractivity contribution is 7.80. The molecule has 0 saturated carbocycles. The van der Waals surface area contributed by atoms with E-state index in [4.69, 9.17) is 35.9 Å². The molecule has 1 heterocycles. The Kier molecular flexibility index (Phi) is 9.45. The summed E-state index contributed by atoms with van der Waals surface area (Å²) in [6.45, 7) is 4.57. The van der Waals surface area contributed by atoms with E-state index in [0.717, 1.165) is 34.3 Å². The first-order valence-corrected chi connectivity index (χ1v) is 11.8. The van der Waals surface area contributed by atoms with Crippen LogP contribution in [0.1, 0.15) is 16.8 Å². The van der Waals surface area contributed by atoms with Gasteiger partial charge in [0, 0.05) is 43.3 Å². The van der Waals surface area contributed by atoms with E-state index in [2.05, 4.69) is 34.3 Å². The van der Waals surface area contributed by atoms with Gasteiger partial charge in [0.1, 0.15) is 5.75 Å². The van der Waals surface area contributed by atoms with Crippen LogP contribution in [0.4, 0.5) is 0 Å². The van der Waals surface area contributed by atoms with Crippen molar-refractivity contribution in [3.63, 3.8) is 0 Å². The molecule has 0 radical (unpaired) electrons. The fraction of sp³-hybridized carbons (Fsp3) is 0.423. The third-order valence-electron chi connectivity index (χ3n) is 5.93. The molecule has 0 aliphatic carbocycles. The second-order valence-electron chi connectivity index (χ2n) is 8.07. The molecule has 3 rings (SSSR count). The number of benzene rings is 2. The number of methoxy groups -OCH3 is 5. The normalized spacial score (nSPS) is 10.8. The number of nitrogens with zero attached hydrogens (tertiary/aromatic N) is 1. The topological polar surface area (TPSA) is 77.2 Å². The minimum absolute atomic E-state index is 0.564. The molecule has 0 aliphatic heterocycles. The minimum Gasteiger partial charge on any atom is -0.497 e. The smallest absolute Gasteiger partial charge is 0.203 e. The molecular formula is C26H35N3O5S. The van der Waals surface area contributed by atoms with Gasteiger partial charge in [-0.2, -0.15) is 0 Å². The number of hydrogen-bond acceptors (Lipinski definition) is 6. The molecule has 0 unspecified atom stereocenters. The van der Waals surface area contributed by atoms with Gasteiger partial charge in [-0.1, -0.05) is 0 Å². The van der Waals surface area contributed by atoms with Crippen LogP contribution in [0.2, 0.25) is 0 Å². The second-order valence-corrected chi connectivity index (χ2v) is 8.46. The molecule has 0 fully saturated rings. The van der Waals surface area contributed by atoms with E-state index in [-0.39, 0.29) is 0 Å². The van der Waals surface area contributed by atoms with Gasteiger partial charge in [-0.3, -0.25) is 0 Å². The zero-order valence-electron chi connectivity index (χ0n) is 21.3. The van der Waals surface area contributed by atoms with Crippen LogP contribution in [0.3, 0.4) is 0 Å². The van der Waals surface area contributed by atoms with Crippen LogP contribution in [0, 0.1) is 6.92 Å². The highest BCUT2D eigenvalue weighted by Crippen LogP contribution is 2.38. The molecule has 2 aromatic carbocycles. The Morgan fingerprint density at radius 2 is 1.69 bits per heavy atom. The summed E-state index contributed by atoms with van der Waals surface area (Å²) in [5.41, 5.74) is 4.47. The molecule has 9 heteroatoms. The van der Waals surface area contributed by atoms with Crippen LogP contribution in [0.5, 0.6) is 23.0 Å². The Labute approximate surface area is 212 Å². The number of ether oxygens (including phenoxy) is 5. The lowest BCUT2D eigenvalue weighted by Gasteiger charge is -2.27. The van der Waals surface area contributed by atoms with Crippen LogP contribution in [0.15, 0.2) is 30.3 Å². The number of fused-ring (bicyclic) bond motifs is 1. The third kappa shape index (κ3) is 6.29. The standard InChI is InChI=1S/C26H35N3O5S/c1-17-20(21-15-19(31-3)7-8-22(21)28-17)9-11-29(26(35)27-10-12-30-2)16-18-13-23(32-4)25(34-6)24(14-18)33-5/h7-8,13-15,28H,9-12,16H2,1-6H3,(H,27,35). The van der Waals surface area contributed by atoms with Crippen LogP contribution in [-0.2, 0) is 17.7 Å². The van der Waals surface area contributed by atoms with Crippen LogP contribution in [-0.4, -0.2) is 70.2 Å². The Hall–Kier alpha value is -3.17. The molecule has 2 N–H and O–H groups in total. The van der Waals surface area contributed by atoms with Crippen molar-refractivity contribution >= 4 is 28.2 Å². The molecule has 35 heavy (non-hydrogen) atoms. The number of thiocarbonyl (C=S) groups is 1. The first-order valence-electron chi connectivity index (χ1n) is 11.4. The summed E-state index contributed by atoms with van der Waals surface area (Å²) in [7, 11) is 8.18. The lowest BCUT2D eigenvalue weighted by Crippen LogP contribution is -2.41. The lowest BCUT2D eigenvalue weighted by molar-refractivity contribution is 0.203. The summed E-state index contributed by atoms with van der Waals surface area (Å²) < 4.78 is 27.2. The van der Waals surface area contributed by atoms with Crippen molar-refractivity contribution in [3.05, 3.63) is 47.2 Å². The van der Waals surface area contributed by atoms with Gasteiger partial charge in [0.25, 0.3) is 0 Å². The summed E-state index contributed by atoms with van der Waals surface area (Å²) in [5.74, 6) is 2.62. The molecule has 0 bridgehead atoms. The van der Waals surface area contributed by atoms with Gasteiger partial charge in [-0.05, 0) is 67.0 Å². The Bertz CT molecular complexity index is 1120. The SMILES string of the molecule is COCCNC(=S)N(CCc1c(C)[nH]c2ccc(OC)cc12)Cc1cc(OC)c(OC)c(OC)c1. The number of aryl methyl sites for hydroxylation is 1. The van der Waals surface area contributed by atoms with Crippen molar-refractivity contribution in [1.29, 1.82) is 0 Å². The van der Waals surface area contributed by atoms with Crippen molar-refractivity contribution in [3.8, 4) is 23.0 Å².